The van der Waals surface area contributed by atoms with Gasteiger partial charge >= 0.3 is 0 Å². The van der Waals surface area contributed by atoms with Gasteiger partial charge in [0.2, 0.25) is 0 Å². The van der Waals surface area contributed by atoms with Crippen molar-refractivity contribution in [2.24, 2.45) is 5.73 Å². The van der Waals surface area contributed by atoms with Crippen LogP contribution in [0.15, 0.2) is 27.7 Å². The van der Waals surface area contributed by atoms with Gasteiger partial charge in [0, 0.05) is 12.3 Å². The predicted molar refractivity (Wildman–Crippen MR) is 65.8 cm³/mol. The lowest BCUT2D eigenvalue weighted by atomic mass is 10.2. The van der Waals surface area contributed by atoms with Crippen molar-refractivity contribution in [3.63, 3.8) is 0 Å². The minimum Gasteiger partial charge on any atom is -0.355 e. The highest BCUT2D eigenvalue weighted by molar-refractivity contribution is 7.99. The number of benzene rings is 1. The number of para-hydroxylation sites is 1. The third-order valence-electron chi connectivity index (χ3n) is 2.02. The third-order valence-corrected chi connectivity index (χ3v) is 3.03. The summed E-state index contributed by atoms with van der Waals surface area (Å²) >= 11 is 1.64. The molecule has 1 heterocycles. The molecule has 1 aromatic carbocycles. The third kappa shape index (κ3) is 2.45. The van der Waals surface area contributed by atoms with Crippen molar-refractivity contribution in [2.75, 3.05) is 12.3 Å². The van der Waals surface area contributed by atoms with Crippen LogP contribution in [0, 0.1) is 6.92 Å². The Morgan fingerprint density at radius 1 is 1.47 bits per heavy atom. The van der Waals surface area contributed by atoms with E-state index in [1.807, 2.05) is 25.1 Å². The molecule has 0 aliphatic rings. The zero-order valence-corrected chi connectivity index (χ0v) is 10.0. The van der Waals surface area contributed by atoms with Crippen molar-refractivity contribution >= 4 is 35.1 Å². The summed E-state index contributed by atoms with van der Waals surface area (Å²) in [5, 5.41) is 6.05. The van der Waals surface area contributed by atoms with Crippen molar-refractivity contribution in [3.05, 3.63) is 23.8 Å². The summed E-state index contributed by atoms with van der Waals surface area (Å²) in [6.45, 7) is 2.68. The smallest absolute Gasteiger partial charge is 0.170 e. The van der Waals surface area contributed by atoms with Crippen molar-refractivity contribution < 1.29 is 4.52 Å². The van der Waals surface area contributed by atoms with E-state index in [0.29, 0.717) is 6.54 Å². The Labute approximate surface area is 98.8 Å². The summed E-state index contributed by atoms with van der Waals surface area (Å²) in [6, 6.07) is 6.06. The van der Waals surface area contributed by atoms with E-state index in [2.05, 4.69) is 5.16 Å². The van der Waals surface area contributed by atoms with Gasteiger partial charge in [-0.05, 0) is 18.6 Å². The van der Waals surface area contributed by atoms with Crippen LogP contribution in [-0.4, -0.2) is 17.5 Å². The molecule has 82 valence electrons. The molecule has 0 fully saturated rings. The molecule has 0 saturated carbocycles. The largest absolute Gasteiger partial charge is 0.355 e. The molecule has 0 amide bonds. The normalized spacial score (nSPS) is 10.3. The van der Waals surface area contributed by atoms with Crippen LogP contribution >= 0.6 is 24.2 Å². The molecule has 5 heteroatoms. The topological polar surface area (TPSA) is 52.0 Å². The van der Waals surface area contributed by atoms with Gasteiger partial charge < -0.3 is 10.3 Å². The van der Waals surface area contributed by atoms with Gasteiger partial charge in [-0.2, -0.15) is 0 Å². The molecule has 0 bridgehead atoms. The molecular formula is C10H13ClN2OS. The molecule has 15 heavy (non-hydrogen) atoms. The van der Waals surface area contributed by atoms with Crippen LogP contribution in [-0.2, 0) is 0 Å². The SMILES string of the molecule is Cc1cccc2c(SCCN)noc12.Cl. The quantitative estimate of drug-likeness (QED) is 0.844. The van der Waals surface area contributed by atoms with Gasteiger partial charge in [0.05, 0.1) is 5.39 Å². The van der Waals surface area contributed by atoms with Gasteiger partial charge in [-0.3, -0.25) is 0 Å². The molecular weight excluding hydrogens is 232 g/mol. The molecule has 0 radical (unpaired) electrons. The molecule has 2 aromatic rings. The fourth-order valence-electron chi connectivity index (χ4n) is 1.34. The van der Waals surface area contributed by atoms with Gasteiger partial charge in [0.25, 0.3) is 0 Å². The Morgan fingerprint density at radius 2 is 2.27 bits per heavy atom. The molecule has 0 atom stereocenters. The monoisotopic (exact) mass is 244 g/mol. The van der Waals surface area contributed by atoms with Crippen LogP contribution in [0.25, 0.3) is 11.0 Å². The highest BCUT2D eigenvalue weighted by atomic mass is 35.5. The van der Waals surface area contributed by atoms with Crippen LogP contribution in [0.3, 0.4) is 0 Å². The number of nitrogens with zero attached hydrogens (tertiary/aromatic N) is 1. The number of thioether (sulfide) groups is 1. The Balaban J connectivity index is 0.00000112. The summed E-state index contributed by atoms with van der Waals surface area (Å²) in [7, 11) is 0. The maximum absolute atomic E-state index is 5.44. The maximum Gasteiger partial charge on any atom is 0.170 e. The number of hydrogen-bond acceptors (Lipinski definition) is 4. The zero-order valence-electron chi connectivity index (χ0n) is 8.40. The lowest BCUT2D eigenvalue weighted by Gasteiger charge is -1.94. The standard InChI is InChI=1S/C10H12N2OS.ClH/c1-7-3-2-4-8-9(7)13-12-10(8)14-6-5-11;/h2-4H,5-6,11H2,1H3;1H. The highest BCUT2D eigenvalue weighted by Gasteiger charge is 2.09. The summed E-state index contributed by atoms with van der Waals surface area (Å²) in [5.41, 5.74) is 7.44. The van der Waals surface area contributed by atoms with E-state index in [4.69, 9.17) is 10.3 Å². The van der Waals surface area contributed by atoms with Crippen LogP contribution < -0.4 is 5.73 Å². The van der Waals surface area contributed by atoms with Crippen LogP contribution in [0.4, 0.5) is 0 Å². The maximum atomic E-state index is 5.44. The number of nitrogens with two attached hydrogens (primary N) is 1. The van der Waals surface area contributed by atoms with Gasteiger partial charge in [0.1, 0.15) is 5.03 Å². The van der Waals surface area contributed by atoms with E-state index in [-0.39, 0.29) is 12.4 Å². The van der Waals surface area contributed by atoms with E-state index < -0.39 is 0 Å². The van der Waals surface area contributed by atoms with Gasteiger partial charge in [-0.25, -0.2) is 0 Å². The van der Waals surface area contributed by atoms with Gasteiger partial charge in [0.15, 0.2) is 5.58 Å². The average Bonchev–Trinajstić information content (AvgIpc) is 2.60. The molecule has 0 aliphatic heterocycles. The lowest BCUT2D eigenvalue weighted by Crippen LogP contribution is -2.00. The van der Waals surface area contributed by atoms with Crippen LogP contribution in [0.5, 0.6) is 0 Å². The van der Waals surface area contributed by atoms with E-state index >= 15 is 0 Å². The second kappa shape index (κ2) is 5.39. The van der Waals surface area contributed by atoms with E-state index in [0.717, 1.165) is 27.3 Å². The molecule has 0 saturated heterocycles. The second-order valence-corrected chi connectivity index (χ2v) is 4.16. The second-order valence-electron chi connectivity index (χ2n) is 3.08. The summed E-state index contributed by atoms with van der Waals surface area (Å²) in [5.74, 6) is 0.871. The van der Waals surface area contributed by atoms with Crippen LogP contribution in [0.1, 0.15) is 5.56 Å². The fraction of sp³-hybridized carbons (Fsp3) is 0.300. The van der Waals surface area contributed by atoms with Gasteiger partial charge in [-0.1, -0.05) is 17.3 Å². The molecule has 3 nitrogen and oxygen atoms in total. The lowest BCUT2D eigenvalue weighted by molar-refractivity contribution is 0.436. The molecule has 2 rings (SSSR count). The molecule has 1 aromatic heterocycles. The number of aromatic nitrogens is 1. The number of fused-ring (bicyclic) bond motifs is 1. The molecule has 0 spiro atoms. The average molecular weight is 245 g/mol. The van der Waals surface area contributed by atoms with E-state index in [1.54, 1.807) is 11.8 Å². The van der Waals surface area contributed by atoms with E-state index in [9.17, 15) is 0 Å². The first-order chi connectivity index (χ1) is 6.83. The number of halogens is 1. The Hall–Kier alpha value is -0.710. The Bertz CT molecular complexity index is 444. The minimum atomic E-state index is 0. The first kappa shape index (κ1) is 12.4. The fourth-order valence-corrected chi connectivity index (χ4v) is 2.06. The van der Waals surface area contributed by atoms with Crippen molar-refractivity contribution in [2.45, 2.75) is 11.9 Å². The summed E-state index contributed by atoms with van der Waals surface area (Å²) < 4.78 is 5.27. The molecule has 2 N–H and O–H groups in total. The first-order valence-corrected chi connectivity index (χ1v) is 5.49. The van der Waals surface area contributed by atoms with Crippen molar-refractivity contribution in [3.8, 4) is 0 Å². The summed E-state index contributed by atoms with van der Waals surface area (Å²) in [4.78, 5) is 0. The highest BCUT2D eigenvalue weighted by Crippen LogP contribution is 2.28. The van der Waals surface area contributed by atoms with E-state index in [1.165, 1.54) is 0 Å². The number of aryl methyl sites for hydroxylation is 1. The van der Waals surface area contributed by atoms with Crippen LogP contribution in [0.2, 0.25) is 0 Å². The van der Waals surface area contributed by atoms with Crippen molar-refractivity contribution in [1.82, 2.24) is 5.16 Å². The molecule has 0 unspecified atom stereocenters. The Kier molecular flexibility index (Phi) is 4.45. The number of rotatable bonds is 3. The predicted octanol–water partition coefficient (Wildman–Crippen LogP) is 2.61. The minimum absolute atomic E-state index is 0. The first-order valence-electron chi connectivity index (χ1n) is 4.51. The number of hydrogen-bond donors (Lipinski definition) is 1. The zero-order chi connectivity index (χ0) is 9.97. The van der Waals surface area contributed by atoms with Gasteiger partial charge in [-0.15, -0.1) is 24.2 Å². The summed E-state index contributed by atoms with van der Waals surface area (Å²) in [6.07, 6.45) is 0. The van der Waals surface area contributed by atoms with Crippen molar-refractivity contribution in [1.29, 1.82) is 0 Å². The molecule has 0 aliphatic carbocycles. The Morgan fingerprint density at radius 3 is 3.00 bits per heavy atom.